The monoisotopic (exact) mass is 358 g/mol. The lowest BCUT2D eigenvalue weighted by Crippen LogP contribution is -2.07. The average molecular weight is 358 g/mol. The van der Waals surface area contributed by atoms with Crippen LogP contribution in [0.1, 0.15) is 5.56 Å². The minimum Gasteiger partial charge on any atom is -0.495 e. The van der Waals surface area contributed by atoms with E-state index in [0.29, 0.717) is 17.1 Å². The van der Waals surface area contributed by atoms with Gasteiger partial charge in [0.25, 0.3) is 0 Å². The van der Waals surface area contributed by atoms with Gasteiger partial charge >= 0.3 is 6.18 Å². The predicted octanol–water partition coefficient (Wildman–Crippen LogP) is 5.71. The van der Waals surface area contributed by atoms with Gasteiger partial charge in [-0.1, -0.05) is 36.4 Å². The van der Waals surface area contributed by atoms with Gasteiger partial charge in [0.15, 0.2) is 0 Å². The second kappa shape index (κ2) is 7.00. The minimum atomic E-state index is -4.43. The SMILES string of the molecule is COc1ccc(-c2ccccc2)cc1Nc1ccc(C(F)(F)F)cc1N. The van der Waals surface area contributed by atoms with E-state index in [1.54, 1.807) is 6.07 Å². The van der Waals surface area contributed by atoms with Crippen molar-refractivity contribution in [1.82, 2.24) is 0 Å². The molecule has 0 aliphatic rings. The number of nitrogen functional groups attached to an aromatic ring is 1. The van der Waals surface area contributed by atoms with Gasteiger partial charge < -0.3 is 15.8 Å². The molecular formula is C20H17F3N2O. The summed E-state index contributed by atoms with van der Waals surface area (Å²) >= 11 is 0. The first kappa shape index (κ1) is 17.7. The molecular weight excluding hydrogens is 341 g/mol. The van der Waals surface area contributed by atoms with Crippen LogP contribution >= 0.6 is 0 Å². The predicted molar refractivity (Wildman–Crippen MR) is 97.6 cm³/mol. The van der Waals surface area contributed by atoms with Crippen LogP contribution in [0.5, 0.6) is 5.75 Å². The summed E-state index contributed by atoms with van der Waals surface area (Å²) in [6, 6.07) is 18.5. The summed E-state index contributed by atoms with van der Waals surface area (Å²) in [5, 5.41) is 3.06. The molecule has 134 valence electrons. The Morgan fingerprint density at radius 2 is 1.58 bits per heavy atom. The average Bonchev–Trinajstić information content (AvgIpc) is 2.63. The highest BCUT2D eigenvalue weighted by molar-refractivity contribution is 5.79. The second-order valence-electron chi connectivity index (χ2n) is 5.71. The van der Waals surface area contributed by atoms with Crippen LogP contribution in [0.4, 0.5) is 30.2 Å². The van der Waals surface area contributed by atoms with E-state index in [2.05, 4.69) is 5.32 Å². The summed E-state index contributed by atoms with van der Waals surface area (Å²) in [4.78, 5) is 0. The second-order valence-corrected chi connectivity index (χ2v) is 5.71. The fraction of sp³-hybridized carbons (Fsp3) is 0.100. The standard InChI is InChI=1S/C20H17F3N2O/c1-26-19-10-7-14(13-5-3-2-4-6-13)11-18(19)25-17-9-8-15(12-16(17)24)20(21,22)23/h2-12,25H,24H2,1H3. The molecule has 0 unspecified atom stereocenters. The molecule has 0 heterocycles. The van der Waals surface area contributed by atoms with Crippen molar-refractivity contribution in [2.45, 2.75) is 6.18 Å². The van der Waals surface area contributed by atoms with E-state index in [4.69, 9.17) is 10.5 Å². The van der Waals surface area contributed by atoms with Crippen molar-refractivity contribution in [2.24, 2.45) is 0 Å². The maximum absolute atomic E-state index is 12.8. The van der Waals surface area contributed by atoms with Crippen LogP contribution in [-0.4, -0.2) is 7.11 Å². The number of anilines is 3. The van der Waals surface area contributed by atoms with Gasteiger partial charge in [-0.25, -0.2) is 0 Å². The molecule has 3 N–H and O–H groups in total. The Balaban J connectivity index is 1.96. The molecule has 0 amide bonds. The molecule has 26 heavy (non-hydrogen) atoms. The first-order chi connectivity index (χ1) is 12.4. The molecule has 0 aliphatic carbocycles. The van der Waals surface area contributed by atoms with Gasteiger partial charge in [-0.3, -0.25) is 0 Å². The van der Waals surface area contributed by atoms with Crippen molar-refractivity contribution in [1.29, 1.82) is 0 Å². The quantitative estimate of drug-likeness (QED) is 0.588. The number of methoxy groups -OCH3 is 1. The number of benzene rings is 3. The van der Waals surface area contributed by atoms with Crippen LogP contribution in [0.2, 0.25) is 0 Å². The number of halogens is 3. The van der Waals surface area contributed by atoms with E-state index in [1.807, 2.05) is 42.5 Å². The fourth-order valence-corrected chi connectivity index (χ4v) is 2.61. The molecule has 0 atom stereocenters. The Hall–Kier alpha value is -3.15. The largest absolute Gasteiger partial charge is 0.495 e. The molecule has 0 spiro atoms. The first-order valence-corrected chi connectivity index (χ1v) is 7.85. The van der Waals surface area contributed by atoms with Gasteiger partial charge in [-0.05, 0) is 41.5 Å². The first-order valence-electron chi connectivity index (χ1n) is 7.85. The number of hydrogen-bond acceptors (Lipinski definition) is 3. The Morgan fingerprint density at radius 1 is 0.846 bits per heavy atom. The van der Waals surface area contributed by atoms with Gasteiger partial charge in [-0.15, -0.1) is 0 Å². The van der Waals surface area contributed by atoms with Gasteiger partial charge in [0.1, 0.15) is 5.75 Å². The Kier molecular flexibility index (Phi) is 4.75. The van der Waals surface area contributed by atoms with Crippen LogP contribution in [0.3, 0.4) is 0 Å². The summed E-state index contributed by atoms with van der Waals surface area (Å²) in [5.74, 6) is 0.559. The highest BCUT2D eigenvalue weighted by Crippen LogP contribution is 2.37. The third kappa shape index (κ3) is 3.74. The number of ether oxygens (including phenoxy) is 1. The molecule has 6 heteroatoms. The van der Waals surface area contributed by atoms with E-state index in [0.717, 1.165) is 23.3 Å². The molecule has 0 radical (unpaired) electrons. The lowest BCUT2D eigenvalue weighted by Gasteiger charge is -2.16. The molecule has 3 nitrogen and oxygen atoms in total. The third-order valence-electron chi connectivity index (χ3n) is 3.95. The normalized spacial score (nSPS) is 11.2. The number of rotatable bonds is 4. The topological polar surface area (TPSA) is 47.3 Å². The van der Waals surface area contributed by atoms with Crippen molar-refractivity contribution in [2.75, 3.05) is 18.2 Å². The van der Waals surface area contributed by atoms with E-state index >= 15 is 0 Å². The highest BCUT2D eigenvalue weighted by Gasteiger charge is 2.30. The van der Waals surface area contributed by atoms with Gasteiger partial charge in [0.05, 0.1) is 29.7 Å². The molecule has 0 saturated heterocycles. The summed E-state index contributed by atoms with van der Waals surface area (Å²) in [5.41, 5.74) is 7.97. The van der Waals surface area contributed by atoms with Crippen LogP contribution < -0.4 is 15.8 Å². The lowest BCUT2D eigenvalue weighted by molar-refractivity contribution is -0.137. The summed E-state index contributed by atoms with van der Waals surface area (Å²) in [6.45, 7) is 0. The number of alkyl halides is 3. The minimum absolute atomic E-state index is 0.00647. The number of nitrogens with two attached hydrogens (primary N) is 1. The van der Waals surface area contributed by atoms with Crippen molar-refractivity contribution in [3.63, 3.8) is 0 Å². The Bertz CT molecular complexity index is 909. The van der Waals surface area contributed by atoms with Crippen LogP contribution in [0.15, 0.2) is 66.7 Å². The molecule has 3 aromatic carbocycles. The molecule has 3 aromatic rings. The number of nitrogens with one attached hydrogen (secondary N) is 1. The Morgan fingerprint density at radius 3 is 2.19 bits per heavy atom. The molecule has 0 bridgehead atoms. The number of hydrogen-bond donors (Lipinski definition) is 2. The van der Waals surface area contributed by atoms with Crippen molar-refractivity contribution >= 4 is 17.1 Å². The van der Waals surface area contributed by atoms with E-state index in [-0.39, 0.29) is 5.69 Å². The fourth-order valence-electron chi connectivity index (χ4n) is 2.61. The summed E-state index contributed by atoms with van der Waals surface area (Å²) in [7, 11) is 1.53. The molecule has 0 aromatic heterocycles. The van der Waals surface area contributed by atoms with Crippen molar-refractivity contribution in [3.05, 3.63) is 72.3 Å². The zero-order valence-corrected chi connectivity index (χ0v) is 14.0. The van der Waals surface area contributed by atoms with Gasteiger partial charge in [0, 0.05) is 0 Å². The third-order valence-corrected chi connectivity index (χ3v) is 3.95. The van der Waals surface area contributed by atoms with E-state index in [1.165, 1.54) is 13.2 Å². The zero-order chi connectivity index (χ0) is 18.7. The molecule has 0 fully saturated rings. The van der Waals surface area contributed by atoms with Crippen molar-refractivity contribution in [3.8, 4) is 16.9 Å². The van der Waals surface area contributed by atoms with Gasteiger partial charge in [0.2, 0.25) is 0 Å². The van der Waals surface area contributed by atoms with Crippen LogP contribution in [0, 0.1) is 0 Å². The van der Waals surface area contributed by atoms with Crippen LogP contribution in [0.25, 0.3) is 11.1 Å². The van der Waals surface area contributed by atoms with Crippen LogP contribution in [-0.2, 0) is 6.18 Å². The molecule has 3 rings (SSSR count). The van der Waals surface area contributed by atoms with E-state index < -0.39 is 11.7 Å². The van der Waals surface area contributed by atoms with Gasteiger partial charge in [-0.2, -0.15) is 13.2 Å². The zero-order valence-electron chi connectivity index (χ0n) is 14.0. The Labute approximate surface area is 149 Å². The maximum Gasteiger partial charge on any atom is 0.416 e. The molecule has 0 aliphatic heterocycles. The maximum atomic E-state index is 12.8. The summed E-state index contributed by atoms with van der Waals surface area (Å²) < 4.78 is 43.7. The van der Waals surface area contributed by atoms with Crippen molar-refractivity contribution < 1.29 is 17.9 Å². The highest BCUT2D eigenvalue weighted by atomic mass is 19.4. The summed E-state index contributed by atoms with van der Waals surface area (Å²) in [6.07, 6.45) is -4.43. The smallest absolute Gasteiger partial charge is 0.416 e. The molecule has 0 saturated carbocycles. The van der Waals surface area contributed by atoms with E-state index in [9.17, 15) is 13.2 Å². The lowest BCUT2D eigenvalue weighted by atomic mass is 10.0.